The molecule has 122 valence electrons. The van der Waals surface area contributed by atoms with Crippen LogP contribution in [0.25, 0.3) is 6.08 Å². The smallest absolute Gasteiger partial charge is 0.206 e. The Hall–Kier alpha value is -3.06. The first kappa shape index (κ1) is 15.8. The lowest BCUT2D eigenvalue weighted by molar-refractivity contribution is 0.101. The summed E-state index contributed by atoms with van der Waals surface area (Å²) >= 11 is 0. The van der Waals surface area contributed by atoms with Crippen LogP contribution >= 0.6 is 0 Å². The number of aliphatic hydroxyl groups is 1. The van der Waals surface area contributed by atoms with Gasteiger partial charge in [0.2, 0.25) is 5.82 Å². The highest BCUT2D eigenvalue weighted by Gasteiger charge is 2.08. The molecule has 7 nitrogen and oxygen atoms in total. The van der Waals surface area contributed by atoms with Gasteiger partial charge in [0.15, 0.2) is 5.78 Å². The van der Waals surface area contributed by atoms with Crippen molar-refractivity contribution in [2.75, 3.05) is 0 Å². The number of nitrogens with zero attached hydrogens (tertiary/aromatic N) is 4. The summed E-state index contributed by atoms with van der Waals surface area (Å²) < 4.78 is 2.04. The summed E-state index contributed by atoms with van der Waals surface area (Å²) in [7, 11) is 0. The zero-order valence-corrected chi connectivity index (χ0v) is 13.1. The molecule has 0 saturated heterocycles. The van der Waals surface area contributed by atoms with Crippen molar-refractivity contribution in [3.05, 3.63) is 71.3 Å². The maximum atomic E-state index is 11.3. The molecule has 0 radical (unpaired) electrons. The fourth-order valence-electron chi connectivity index (χ4n) is 2.33. The third-order valence-electron chi connectivity index (χ3n) is 3.65. The van der Waals surface area contributed by atoms with Crippen molar-refractivity contribution in [2.24, 2.45) is 0 Å². The first-order valence-electron chi connectivity index (χ1n) is 7.48. The van der Waals surface area contributed by atoms with Gasteiger partial charge in [0, 0.05) is 24.0 Å². The Labute approximate surface area is 138 Å². The number of tetrazole rings is 1. The van der Waals surface area contributed by atoms with Crippen molar-refractivity contribution in [1.82, 2.24) is 25.2 Å². The van der Waals surface area contributed by atoms with E-state index in [1.165, 1.54) is 0 Å². The van der Waals surface area contributed by atoms with E-state index in [1.54, 1.807) is 13.0 Å². The SMILES string of the molecule is CC(=O)c1ccc(Cn2cccc2C=CC(O)c2nn[nH]n2)cc1. The molecule has 7 heteroatoms. The number of rotatable bonds is 6. The molecule has 0 aliphatic rings. The lowest BCUT2D eigenvalue weighted by Crippen LogP contribution is -2.01. The van der Waals surface area contributed by atoms with Crippen molar-refractivity contribution in [2.45, 2.75) is 19.6 Å². The predicted octanol–water partition coefficient (Wildman–Crippen LogP) is 2.00. The van der Waals surface area contributed by atoms with Crippen LogP contribution in [0.4, 0.5) is 0 Å². The first-order chi connectivity index (χ1) is 11.6. The second-order valence-electron chi connectivity index (χ2n) is 5.39. The minimum atomic E-state index is -0.915. The molecule has 2 aromatic heterocycles. The van der Waals surface area contributed by atoms with Gasteiger partial charge in [-0.15, -0.1) is 10.2 Å². The predicted molar refractivity (Wildman–Crippen MR) is 88.2 cm³/mol. The maximum Gasteiger partial charge on any atom is 0.206 e. The number of hydrogen-bond acceptors (Lipinski definition) is 5. The van der Waals surface area contributed by atoms with Crippen LogP contribution in [0.5, 0.6) is 0 Å². The molecule has 0 aliphatic heterocycles. The normalized spacial score (nSPS) is 12.6. The number of carbonyl (C=O) groups is 1. The highest BCUT2D eigenvalue weighted by atomic mass is 16.3. The molecule has 1 atom stereocenters. The standard InChI is InChI=1S/C17H17N5O2/c1-12(23)14-6-4-13(5-7-14)11-22-10-2-3-15(22)8-9-16(24)17-18-20-21-19-17/h2-10,16,24H,11H2,1H3,(H,18,19,20,21). The van der Waals surface area contributed by atoms with Crippen molar-refractivity contribution < 1.29 is 9.90 Å². The highest BCUT2D eigenvalue weighted by molar-refractivity contribution is 5.94. The van der Waals surface area contributed by atoms with Gasteiger partial charge in [-0.1, -0.05) is 29.5 Å². The molecule has 1 aromatic carbocycles. The summed E-state index contributed by atoms with van der Waals surface area (Å²) in [6.07, 6.45) is 4.46. The Balaban J connectivity index is 1.72. The van der Waals surface area contributed by atoms with Gasteiger partial charge in [-0.3, -0.25) is 4.79 Å². The quantitative estimate of drug-likeness (QED) is 0.676. The summed E-state index contributed by atoms with van der Waals surface area (Å²) in [5.41, 5.74) is 2.73. The number of aromatic nitrogens is 5. The second kappa shape index (κ2) is 7.01. The first-order valence-corrected chi connectivity index (χ1v) is 7.48. The summed E-state index contributed by atoms with van der Waals surface area (Å²) in [6, 6.07) is 11.4. The van der Waals surface area contributed by atoms with Crippen molar-refractivity contribution in [1.29, 1.82) is 0 Å². The average molecular weight is 323 g/mol. The topological polar surface area (TPSA) is 96.7 Å². The fourth-order valence-corrected chi connectivity index (χ4v) is 2.33. The Morgan fingerprint density at radius 1 is 1.33 bits per heavy atom. The lowest BCUT2D eigenvalue weighted by Gasteiger charge is -2.08. The maximum absolute atomic E-state index is 11.3. The van der Waals surface area contributed by atoms with E-state index >= 15 is 0 Å². The molecule has 0 bridgehead atoms. The van der Waals surface area contributed by atoms with Gasteiger partial charge in [-0.25, -0.2) is 0 Å². The van der Waals surface area contributed by atoms with Crippen LogP contribution in [-0.2, 0) is 6.54 Å². The van der Waals surface area contributed by atoms with E-state index in [-0.39, 0.29) is 11.6 Å². The Morgan fingerprint density at radius 2 is 2.12 bits per heavy atom. The molecule has 3 aromatic rings. The highest BCUT2D eigenvalue weighted by Crippen LogP contribution is 2.14. The number of carbonyl (C=O) groups excluding carboxylic acids is 1. The number of hydrogen-bond donors (Lipinski definition) is 2. The Bertz CT molecular complexity index is 834. The van der Waals surface area contributed by atoms with E-state index in [0.717, 1.165) is 11.3 Å². The molecule has 3 rings (SSSR count). The number of Topliss-reactive ketones (excluding diaryl/α,β-unsaturated/α-hetero) is 1. The van der Waals surface area contributed by atoms with Crippen LogP contribution in [0.2, 0.25) is 0 Å². The van der Waals surface area contributed by atoms with Crippen LogP contribution in [-0.4, -0.2) is 36.1 Å². The monoisotopic (exact) mass is 323 g/mol. The Kier molecular flexibility index (Phi) is 4.62. The van der Waals surface area contributed by atoms with Gasteiger partial charge in [0.25, 0.3) is 0 Å². The molecule has 0 saturated carbocycles. The van der Waals surface area contributed by atoms with E-state index in [2.05, 4.69) is 20.6 Å². The van der Waals surface area contributed by atoms with E-state index in [1.807, 2.05) is 53.2 Å². The van der Waals surface area contributed by atoms with Gasteiger partial charge >= 0.3 is 0 Å². The van der Waals surface area contributed by atoms with Crippen molar-refractivity contribution in [3.63, 3.8) is 0 Å². The summed E-state index contributed by atoms with van der Waals surface area (Å²) in [5, 5.41) is 23.2. The molecule has 1 unspecified atom stereocenters. The van der Waals surface area contributed by atoms with E-state index in [0.29, 0.717) is 12.1 Å². The van der Waals surface area contributed by atoms with Gasteiger partial charge in [0.05, 0.1) is 0 Å². The third-order valence-corrected chi connectivity index (χ3v) is 3.65. The van der Waals surface area contributed by atoms with Gasteiger partial charge in [-0.2, -0.15) is 5.21 Å². The van der Waals surface area contributed by atoms with Crippen LogP contribution in [0, 0.1) is 0 Å². The van der Waals surface area contributed by atoms with E-state index < -0.39 is 6.10 Å². The number of H-pyrrole nitrogens is 1. The molecule has 0 amide bonds. The number of nitrogens with one attached hydrogen (secondary N) is 1. The van der Waals surface area contributed by atoms with E-state index in [4.69, 9.17) is 0 Å². The van der Waals surface area contributed by atoms with Gasteiger partial charge < -0.3 is 9.67 Å². The van der Waals surface area contributed by atoms with E-state index in [9.17, 15) is 9.90 Å². The molecular weight excluding hydrogens is 306 g/mol. The van der Waals surface area contributed by atoms with Crippen LogP contribution < -0.4 is 0 Å². The minimum absolute atomic E-state index is 0.0570. The fraction of sp³-hybridized carbons (Fsp3) is 0.176. The summed E-state index contributed by atoms with van der Waals surface area (Å²) in [4.78, 5) is 11.3. The largest absolute Gasteiger partial charge is 0.381 e. The minimum Gasteiger partial charge on any atom is -0.381 e. The Morgan fingerprint density at radius 3 is 2.79 bits per heavy atom. The number of benzene rings is 1. The number of ketones is 1. The van der Waals surface area contributed by atoms with Crippen molar-refractivity contribution in [3.8, 4) is 0 Å². The summed E-state index contributed by atoms with van der Waals surface area (Å²) in [6.45, 7) is 2.22. The van der Waals surface area contributed by atoms with Gasteiger partial charge in [-0.05, 0) is 36.8 Å². The lowest BCUT2D eigenvalue weighted by atomic mass is 10.1. The molecule has 2 N–H and O–H groups in total. The third kappa shape index (κ3) is 3.64. The second-order valence-corrected chi connectivity index (χ2v) is 5.39. The molecule has 2 heterocycles. The zero-order chi connectivity index (χ0) is 16.9. The molecule has 0 spiro atoms. The van der Waals surface area contributed by atoms with Crippen LogP contribution in [0.1, 0.15) is 40.5 Å². The van der Waals surface area contributed by atoms with Gasteiger partial charge in [0.1, 0.15) is 6.10 Å². The average Bonchev–Trinajstić information content (AvgIpc) is 3.25. The van der Waals surface area contributed by atoms with Crippen LogP contribution in [0.3, 0.4) is 0 Å². The van der Waals surface area contributed by atoms with Crippen LogP contribution in [0.15, 0.2) is 48.7 Å². The molecular formula is C17H17N5O2. The number of aromatic amines is 1. The van der Waals surface area contributed by atoms with Crippen molar-refractivity contribution >= 4 is 11.9 Å². The number of aliphatic hydroxyl groups excluding tert-OH is 1. The zero-order valence-electron chi connectivity index (χ0n) is 13.1. The summed E-state index contributed by atoms with van der Waals surface area (Å²) in [5.74, 6) is 0.283. The molecule has 0 aliphatic carbocycles. The molecule has 24 heavy (non-hydrogen) atoms. The molecule has 0 fully saturated rings.